The van der Waals surface area contributed by atoms with Gasteiger partial charge in [0.05, 0.1) is 5.69 Å². The Labute approximate surface area is 141 Å². The first kappa shape index (κ1) is 16.6. The smallest absolute Gasteiger partial charge is 0.251 e. The van der Waals surface area contributed by atoms with Gasteiger partial charge in [0.1, 0.15) is 5.82 Å². The van der Waals surface area contributed by atoms with E-state index in [1.54, 1.807) is 12.1 Å². The molecule has 2 unspecified atom stereocenters. The lowest BCUT2D eigenvalue weighted by atomic mass is 9.93. The van der Waals surface area contributed by atoms with E-state index in [0.717, 1.165) is 31.7 Å². The van der Waals surface area contributed by atoms with E-state index in [1.807, 2.05) is 24.4 Å². The first-order valence-corrected chi connectivity index (χ1v) is 8.30. The SMILES string of the molecule is CC1CN(Cc2ccccn2)CCC1NC(=O)c1cccc(F)c1. The summed E-state index contributed by atoms with van der Waals surface area (Å²) in [4.78, 5) is 19.0. The molecule has 1 aliphatic heterocycles. The standard InChI is InChI=1S/C19H22FN3O/c1-14-12-23(13-17-7-2-3-9-21-17)10-8-18(14)22-19(24)15-5-4-6-16(20)11-15/h2-7,9,11,14,18H,8,10,12-13H2,1H3,(H,22,24). The fourth-order valence-corrected chi connectivity index (χ4v) is 3.19. The molecule has 2 heterocycles. The lowest BCUT2D eigenvalue weighted by molar-refractivity contribution is 0.0859. The highest BCUT2D eigenvalue weighted by Crippen LogP contribution is 2.19. The molecule has 1 saturated heterocycles. The number of nitrogens with one attached hydrogen (secondary N) is 1. The van der Waals surface area contributed by atoms with E-state index in [1.165, 1.54) is 12.1 Å². The van der Waals surface area contributed by atoms with Gasteiger partial charge in [0, 0.05) is 37.4 Å². The van der Waals surface area contributed by atoms with Crippen molar-refractivity contribution in [3.8, 4) is 0 Å². The zero-order valence-corrected chi connectivity index (χ0v) is 13.8. The largest absolute Gasteiger partial charge is 0.349 e. The number of carbonyl (C=O) groups is 1. The number of benzene rings is 1. The van der Waals surface area contributed by atoms with Gasteiger partial charge in [-0.25, -0.2) is 4.39 Å². The Bertz CT molecular complexity index is 692. The van der Waals surface area contributed by atoms with Gasteiger partial charge in [0.25, 0.3) is 5.91 Å². The maximum Gasteiger partial charge on any atom is 0.251 e. The monoisotopic (exact) mass is 327 g/mol. The maximum atomic E-state index is 13.2. The number of aromatic nitrogens is 1. The van der Waals surface area contributed by atoms with Crippen LogP contribution in [0.1, 0.15) is 29.4 Å². The Morgan fingerprint density at radius 1 is 1.33 bits per heavy atom. The van der Waals surface area contributed by atoms with E-state index in [9.17, 15) is 9.18 Å². The van der Waals surface area contributed by atoms with Crippen LogP contribution in [0.2, 0.25) is 0 Å². The van der Waals surface area contributed by atoms with Gasteiger partial charge >= 0.3 is 0 Å². The summed E-state index contributed by atoms with van der Waals surface area (Å²) in [6.45, 7) is 4.79. The van der Waals surface area contributed by atoms with Crippen LogP contribution in [-0.4, -0.2) is 34.9 Å². The van der Waals surface area contributed by atoms with Gasteiger partial charge < -0.3 is 5.32 Å². The number of carbonyl (C=O) groups excluding carboxylic acids is 1. The quantitative estimate of drug-likeness (QED) is 0.939. The van der Waals surface area contributed by atoms with E-state index >= 15 is 0 Å². The molecule has 4 nitrogen and oxygen atoms in total. The number of rotatable bonds is 4. The Kier molecular flexibility index (Phi) is 5.20. The van der Waals surface area contributed by atoms with Gasteiger partial charge in [0.15, 0.2) is 0 Å². The topological polar surface area (TPSA) is 45.2 Å². The average molecular weight is 327 g/mol. The fourth-order valence-electron chi connectivity index (χ4n) is 3.19. The first-order chi connectivity index (χ1) is 11.6. The van der Waals surface area contributed by atoms with E-state index in [-0.39, 0.29) is 17.8 Å². The molecule has 0 saturated carbocycles. The third kappa shape index (κ3) is 4.17. The van der Waals surface area contributed by atoms with Gasteiger partial charge in [-0.05, 0) is 42.7 Å². The molecule has 0 bridgehead atoms. The number of hydrogen-bond donors (Lipinski definition) is 1. The number of piperidine rings is 1. The molecule has 0 aliphatic carbocycles. The molecule has 0 radical (unpaired) electrons. The molecule has 2 atom stereocenters. The summed E-state index contributed by atoms with van der Waals surface area (Å²) in [5, 5.41) is 3.05. The van der Waals surface area contributed by atoms with Crippen molar-refractivity contribution in [1.82, 2.24) is 15.2 Å². The summed E-state index contributed by atoms with van der Waals surface area (Å²) in [5.74, 6) is -0.259. The molecule has 3 rings (SSSR count). The minimum absolute atomic E-state index is 0.112. The predicted octanol–water partition coefficient (Wildman–Crippen LogP) is 2.86. The minimum atomic E-state index is -0.388. The first-order valence-electron chi connectivity index (χ1n) is 8.30. The molecule has 126 valence electrons. The van der Waals surface area contributed by atoms with Crippen LogP contribution in [0.15, 0.2) is 48.7 Å². The summed E-state index contributed by atoms with van der Waals surface area (Å²) in [6.07, 6.45) is 2.69. The number of likely N-dealkylation sites (tertiary alicyclic amines) is 1. The van der Waals surface area contributed by atoms with Crippen molar-refractivity contribution in [2.75, 3.05) is 13.1 Å². The van der Waals surface area contributed by atoms with Crippen LogP contribution in [0, 0.1) is 11.7 Å². The second-order valence-corrected chi connectivity index (χ2v) is 6.41. The fraction of sp³-hybridized carbons (Fsp3) is 0.368. The molecule has 1 fully saturated rings. The van der Waals surface area contributed by atoms with Crippen molar-refractivity contribution in [1.29, 1.82) is 0 Å². The van der Waals surface area contributed by atoms with Crippen molar-refractivity contribution < 1.29 is 9.18 Å². The van der Waals surface area contributed by atoms with Gasteiger partial charge in [-0.15, -0.1) is 0 Å². The Morgan fingerprint density at radius 2 is 2.21 bits per heavy atom. The number of halogens is 1. The van der Waals surface area contributed by atoms with Gasteiger partial charge in [-0.2, -0.15) is 0 Å². The van der Waals surface area contributed by atoms with E-state index in [4.69, 9.17) is 0 Å². The summed E-state index contributed by atoms with van der Waals surface area (Å²) >= 11 is 0. The number of pyridine rings is 1. The Morgan fingerprint density at radius 3 is 2.92 bits per heavy atom. The summed E-state index contributed by atoms with van der Waals surface area (Å²) in [7, 11) is 0. The highest BCUT2D eigenvalue weighted by atomic mass is 19.1. The van der Waals surface area contributed by atoms with Crippen molar-refractivity contribution in [2.45, 2.75) is 25.9 Å². The molecule has 24 heavy (non-hydrogen) atoms. The van der Waals surface area contributed by atoms with Crippen LogP contribution in [-0.2, 0) is 6.54 Å². The summed E-state index contributed by atoms with van der Waals surface area (Å²) in [6, 6.07) is 11.9. The normalized spacial score (nSPS) is 21.4. The molecule has 1 aromatic heterocycles. The van der Waals surface area contributed by atoms with E-state index in [0.29, 0.717) is 11.5 Å². The van der Waals surface area contributed by atoms with E-state index < -0.39 is 0 Å². The van der Waals surface area contributed by atoms with Crippen molar-refractivity contribution >= 4 is 5.91 Å². The molecular weight excluding hydrogens is 305 g/mol. The lowest BCUT2D eigenvalue weighted by Gasteiger charge is -2.37. The Hall–Kier alpha value is -2.27. The predicted molar refractivity (Wildman–Crippen MR) is 90.9 cm³/mol. The highest BCUT2D eigenvalue weighted by molar-refractivity contribution is 5.94. The molecule has 1 aromatic carbocycles. The van der Waals surface area contributed by atoms with Crippen LogP contribution in [0.4, 0.5) is 4.39 Å². The van der Waals surface area contributed by atoms with Gasteiger partial charge in [0.2, 0.25) is 0 Å². The zero-order chi connectivity index (χ0) is 16.9. The van der Waals surface area contributed by atoms with Gasteiger partial charge in [-0.1, -0.05) is 19.1 Å². The third-order valence-electron chi connectivity index (χ3n) is 4.50. The number of hydrogen-bond acceptors (Lipinski definition) is 3. The molecule has 5 heteroatoms. The second-order valence-electron chi connectivity index (χ2n) is 6.41. The summed E-state index contributed by atoms with van der Waals surface area (Å²) in [5.41, 5.74) is 1.44. The average Bonchev–Trinajstić information content (AvgIpc) is 2.58. The zero-order valence-electron chi connectivity index (χ0n) is 13.8. The summed E-state index contributed by atoms with van der Waals surface area (Å²) < 4.78 is 13.2. The number of amides is 1. The van der Waals surface area contributed by atoms with Crippen molar-refractivity contribution in [2.24, 2.45) is 5.92 Å². The maximum absolute atomic E-state index is 13.2. The molecule has 1 amide bonds. The molecule has 1 N–H and O–H groups in total. The third-order valence-corrected chi connectivity index (χ3v) is 4.50. The molecule has 0 spiro atoms. The second kappa shape index (κ2) is 7.53. The lowest BCUT2D eigenvalue weighted by Crippen LogP contribution is -2.49. The number of nitrogens with zero attached hydrogens (tertiary/aromatic N) is 2. The van der Waals surface area contributed by atoms with Crippen LogP contribution < -0.4 is 5.32 Å². The van der Waals surface area contributed by atoms with Crippen LogP contribution in [0.5, 0.6) is 0 Å². The van der Waals surface area contributed by atoms with Gasteiger partial charge in [-0.3, -0.25) is 14.7 Å². The van der Waals surface area contributed by atoms with Crippen LogP contribution >= 0.6 is 0 Å². The van der Waals surface area contributed by atoms with Crippen molar-refractivity contribution in [3.63, 3.8) is 0 Å². The molecule has 2 aromatic rings. The highest BCUT2D eigenvalue weighted by Gasteiger charge is 2.27. The van der Waals surface area contributed by atoms with E-state index in [2.05, 4.69) is 22.1 Å². The minimum Gasteiger partial charge on any atom is -0.349 e. The van der Waals surface area contributed by atoms with Crippen LogP contribution in [0.25, 0.3) is 0 Å². The van der Waals surface area contributed by atoms with Crippen molar-refractivity contribution in [3.05, 3.63) is 65.7 Å². The van der Waals surface area contributed by atoms with Crippen LogP contribution in [0.3, 0.4) is 0 Å². The molecule has 1 aliphatic rings. The molecular formula is C19H22FN3O. The Balaban J connectivity index is 1.55.